The number of aliphatic carboxylic acids is 1. The largest absolute Gasteiger partial charge is 0.481 e. The van der Waals surface area contributed by atoms with E-state index in [-0.39, 0.29) is 12.1 Å². The Balaban J connectivity index is 1.51. The van der Waals surface area contributed by atoms with Gasteiger partial charge in [-0.05, 0) is 41.1 Å². The number of anilines is 1. The molecule has 0 saturated carbocycles. The van der Waals surface area contributed by atoms with Gasteiger partial charge in [-0.15, -0.1) is 0 Å². The first-order chi connectivity index (χ1) is 13.9. The number of carboxylic acids is 1. The lowest BCUT2D eigenvalue weighted by atomic mass is 9.77. The Morgan fingerprint density at radius 1 is 1.45 bits per heavy atom. The van der Waals surface area contributed by atoms with Crippen LogP contribution in [0.3, 0.4) is 0 Å². The highest BCUT2D eigenvalue weighted by Gasteiger charge is 2.59. The molecule has 1 unspecified atom stereocenters. The quantitative estimate of drug-likeness (QED) is 0.627. The van der Waals surface area contributed by atoms with Crippen LogP contribution in [0.1, 0.15) is 12.5 Å². The topological polar surface area (TPSA) is 107 Å². The average Bonchev–Trinajstić information content (AvgIpc) is 3.20. The highest BCUT2D eigenvalue weighted by molar-refractivity contribution is 9.10. The highest BCUT2D eigenvalue weighted by Crippen LogP contribution is 2.42. The monoisotopic (exact) mass is 452 g/mol. The summed E-state index contributed by atoms with van der Waals surface area (Å²) in [4.78, 5) is 18.5. The maximum absolute atomic E-state index is 11.8. The summed E-state index contributed by atoms with van der Waals surface area (Å²) < 4.78 is 2.52. The standard InChI is InChI=1S/C20H17BrN6O2/c1-20(19(28)29)10-24-15-9-26(18(15)20)16-3-2-11(6-23-16)14-4-13(21)8-27-17(14)12(5-22)7-25-27/h2-4,6-8,15,18,24H,9-10H2,1H3,(H,28,29)/t15-,18+,20?/m0/s1. The summed E-state index contributed by atoms with van der Waals surface area (Å²) in [6.07, 6.45) is 5.12. The molecular formula is C20H17BrN6O2. The van der Waals surface area contributed by atoms with Crippen LogP contribution >= 0.6 is 15.9 Å². The molecular weight excluding hydrogens is 436 g/mol. The number of halogens is 1. The van der Waals surface area contributed by atoms with Crippen molar-refractivity contribution in [2.45, 2.75) is 19.0 Å². The van der Waals surface area contributed by atoms with Gasteiger partial charge in [-0.1, -0.05) is 0 Å². The van der Waals surface area contributed by atoms with Crippen LogP contribution in [-0.2, 0) is 4.79 Å². The van der Waals surface area contributed by atoms with E-state index < -0.39 is 11.4 Å². The lowest BCUT2D eigenvalue weighted by Gasteiger charge is -2.49. The van der Waals surface area contributed by atoms with Gasteiger partial charge in [-0.2, -0.15) is 10.4 Å². The van der Waals surface area contributed by atoms with E-state index in [1.807, 2.05) is 24.4 Å². The van der Waals surface area contributed by atoms with Crippen molar-refractivity contribution in [3.63, 3.8) is 0 Å². The van der Waals surface area contributed by atoms with Crippen molar-refractivity contribution in [3.05, 3.63) is 46.8 Å². The van der Waals surface area contributed by atoms with Crippen LogP contribution in [0, 0.1) is 16.7 Å². The van der Waals surface area contributed by atoms with Crippen molar-refractivity contribution in [1.29, 1.82) is 5.26 Å². The predicted octanol–water partition coefficient (Wildman–Crippen LogP) is 2.28. The summed E-state index contributed by atoms with van der Waals surface area (Å²) in [5, 5.41) is 26.6. The zero-order valence-electron chi connectivity index (χ0n) is 15.5. The van der Waals surface area contributed by atoms with Gasteiger partial charge < -0.3 is 15.3 Å². The van der Waals surface area contributed by atoms with Crippen LogP contribution in [-0.4, -0.2) is 50.8 Å². The fraction of sp³-hybridized carbons (Fsp3) is 0.300. The molecule has 3 aromatic rings. The van der Waals surface area contributed by atoms with Crippen LogP contribution < -0.4 is 10.2 Å². The number of nitriles is 1. The first-order valence-electron chi connectivity index (χ1n) is 9.19. The van der Waals surface area contributed by atoms with Gasteiger partial charge in [0.15, 0.2) is 0 Å². The normalized spacial score (nSPS) is 25.5. The molecule has 0 bridgehead atoms. The number of carboxylic acid groups (broad SMARTS) is 1. The Morgan fingerprint density at radius 3 is 2.97 bits per heavy atom. The van der Waals surface area contributed by atoms with Gasteiger partial charge in [-0.25, -0.2) is 9.50 Å². The van der Waals surface area contributed by atoms with Gasteiger partial charge in [-0.3, -0.25) is 4.79 Å². The van der Waals surface area contributed by atoms with E-state index in [1.54, 1.807) is 23.8 Å². The smallest absolute Gasteiger partial charge is 0.312 e. The minimum Gasteiger partial charge on any atom is -0.481 e. The van der Waals surface area contributed by atoms with Gasteiger partial charge in [0, 0.05) is 47.1 Å². The molecule has 3 atom stereocenters. The molecule has 0 amide bonds. The zero-order valence-corrected chi connectivity index (χ0v) is 17.1. The molecule has 0 radical (unpaired) electrons. The number of fused-ring (bicyclic) bond motifs is 2. The summed E-state index contributed by atoms with van der Waals surface area (Å²) in [6, 6.07) is 8.04. The summed E-state index contributed by atoms with van der Waals surface area (Å²) >= 11 is 3.49. The molecule has 29 heavy (non-hydrogen) atoms. The minimum absolute atomic E-state index is 0.115. The molecule has 0 spiro atoms. The van der Waals surface area contributed by atoms with Crippen molar-refractivity contribution < 1.29 is 9.90 Å². The second kappa shape index (κ2) is 6.27. The lowest BCUT2D eigenvalue weighted by Crippen LogP contribution is -2.66. The summed E-state index contributed by atoms with van der Waals surface area (Å²) in [7, 11) is 0. The fourth-order valence-corrected chi connectivity index (χ4v) is 4.88. The van der Waals surface area contributed by atoms with Crippen LogP contribution in [0.2, 0.25) is 0 Å². The Bertz CT molecular complexity index is 1180. The first kappa shape index (κ1) is 18.1. The molecule has 146 valence electrons. The average molecular weight is 453 g/mol. The molecule has 2 N–H and O–H groups in total. The second-order valence-corrected chi connectivity index (χ2v) is 8.66. The number of rotatable bonds is 3. The van der Waals surface area contributed by atoms with E-state index in [4.69, 9.17) is 0 Å². The van der Waals surface area contributed by atoms with E-state index in [9.17, 15) is 15.2 Å². The van der Waals surface area contributed by atoms with E-state index in [0.29, 0.717) is 12.1 Å². The molecule has 3 aromatic heterocycles. The Labute approximate surface area is 174 Å². The molecule has 2 aliphatic heterocycles. The highest BCUT2D eigenvalue weighted by atomic mass is 79.9. The number of nitrogens with zero attached hydrogens (tertiary/aromatic N) is 5. The lowest BCUT2D eigenvalue weighted by molar-refractivity contribution is -0.148. The van der Waals surface area contributed by atoms with Crippen molar-refractivity contribution in [2.75, 3.05) is 18.0 Å². The molecule has 2 fully saturated rings. The minimum atomic E-state index is -0.834. The predicted molar refractivity (Wildman–Crippen MR) is 110 cm³/mol. The van der Waals surface area contributed by atoms with Gasteiger partial charge in [0.2, 0.25) is 0 Å². The third-order valence-electron chi connectivity index (χ3n) is 6.04. The summed E-state index contributed by atoms with van der Waals surface area (Å²) in [5.41, 5.74) is 2.11. The number of aromatic nitrogens is 3. The maximum atomic E-state index is 11.8. The van der Waals surface area contributed by atoms with Crippen LogP contribution in [0.15, 0.2) is 41.3 Å². The number of pyridine rings is 2. The first-order valence-corrected chi connectivity index (χ1v) is 9.98. The third kappa shape index (κ3) is 2.56. The van der Waals surface area contributed by atoms with Gasteiger partial charge in [0.1, 0.15) is 11.9 Å². The molecule has 2 aliphatic rings. The Kier molecular flexibility index (Phi) is 3.91. The Hall–Kier alpha value is -2.96. The molecule has 9 heteroatoms. The van der Waals surface area contributed by atoms with Crippen molar-refractivity contribution in [2.24, 2.45) is 5.41 Å². The molecule has 0 aromatic carbocycles. The van der Waals surface area contributed by atoms with Crippen LogP contribution in [0.5, 0.6) is 0 Å². The molecule has 8 nitrogen and oxygen atoms in total. The van der Waals surface area contributed by atoms with E-state index in [0.717, 1.165) is 33.5 Å². The number of hydrogen-bond donors (Lipinski definition) is 2. The number of hydrogen-bond acceptors (Lipinski definition) is 6. The number of carbonyl (C=O) groups is 1. The second-order valence-electron chi connectivity index (χ2n) is 7.75. The van der Waals surface area contributed by atoms with E-state index in [1.165, 1.54) is 0 Å². The summed E-state index contributed by atoms with van der Waals surface area (Å²) in [6.45, 7) is 2.98. The van der Waals surface area contributed by atoms with Crippen molar-refractivity contribution >= 4 is 33.2 Å². The van der Waals surface area contributed by atoms with E-state index in [2.05, 4.69) is 42.3 Å². The third-order valence-corrected chi connectivity index (χ3v) is 6.47. The van der Waals surface area contributed by atoms with E-state index >= 15 is 0 Å². The zero-order chi connectivity index (χ0) is 20.3. The van der Waals surface area contributed by atoms with Crippen molar-refractivity contribution in [1.82, 2.24) is 19.9 Å². The maximum Gasteiger partial charge on any atom is 0.312 e. The van der Waals surface area contributed by atoms with Crippen LogP contribution in [0.25, 0.3) is 16.6 Å². The van der Waals surface area contributed by atoms with Gasteiger partial charge in [0.25, 0.3) is 0 Å². The Morgan fingerprint density at radius 2 is 2.28 bits per heavy atom. The van der Waals surface area contributed by atoms with Gasteiger partial charge >= 0.3 is 5.97 Å². The van der Waals surface area contributed by atoms with Crippen LogP contribution in [0.4, 0.5) is 5.82 Å². The fourth-order valence-electron chi connectivity index (χ4n) is 4.46. The van der Waals surface area contributed by atoms with Crippen molar-refractivity contribution in [3.8, 4) is 17.2 Å². The number of nitrogens with one attached hydrogen (secondary N) is 1. The summed E-state index contributed by atoms with van der Waals surface area (Å²) in [5.74, 6) is -0.0358. The molecule has 5 rings (SSSR count). The molecule has 5 heterocycles. The SMILES string of the molecule is CC1(C(=O)O)CN[C@H]2CN(c3ccc(-c4cc(Br)cn5ncc(C#N)c45)cn3)[C@H]21. The molecule has 0 aliphatic carbocycles. The molecule has 2 saturated heterocycles. The van der Waals surface area contributed by atoms with Gasteiger partial charge in [0.05, 0.1) is 28.7 Å².